The maximum Gasteiger partial charge on any atom is 0.0560 e. The molecular formula is C16H17Cl3N2S. The Morgan fingerprint density at radius 2 is 1.68 bits per heavy atom. The molecular weight excluding hydrogens is 359 g/mol. The van der Waals surface area contributed by atoms with Gasteiger partial charge in [0, 0.05) is 41.0 Å². The van der Waals surface area contributed by atoms with Gasteiger partial charge in [0.2, 0.25) is 0 Å². The van der Waals surface area contributed by atoms with Crippen LogP contribution in [-0.4, -0.2) is 26.2 Å². The van der Waals surface area contributed by atoms with Crippen LogP contribution in [0, 0.1) is 0 Å². The molecule has 2 aromatic rings. The maximum absolute atomic E-state index is 6.29. The highest BCUT2D eigenvalue weighted by atomic mass is 35.5. The number of anilines is 1. The Kier molecular flexibility index (Phi) is 6.72. The molecule has 0 bridgehead atoms. The Morgan fingerprint density at radius 3 is 2.41 bits per heavy atom. The lowest BCUT2D eigenvalue weighted by molar-refractivity contribution is 0.587. The van der Waals surface area contributed by atoms with Crippen LogP contribution in [0.5, 0.6) is 0 Å². The van der Waals surface area contributed by atoms with Crippen molar-refractivity contribution in [2.45, 2.75) is 9.79 Å². The molecule has 0 saturated carbocycles. The van der Waals surface area contributed by atoms with Crippen molar-refractivity contribution in [1.82, 2.24) is 5.32 Å². The summed E-state index contributed by atoms with van der Waals surface area (Å²) in [5, 5.41) is 4.75. The standard InChI is InChI=1S/C16H16Cl2N2S.ClH/c17-12-5-6-15(13(18)11-12)21-16-4-2-1-3-14(16)20-9-7-19-8-10-20;/h1-6,11,19H,7-10H2;1H. The normalized spacial score (nSPS) is 14.5. The van der Waals surface area contributed by atoms with E-state index in [0.717, 1.165) is 31.1 Å². The van der Waals surface area contributed by atoms with Crippen molar-refractivity contribution in [3.63, 3.8) is 0 Å². The van der Waals surface area contributed by atoms with E-state index in [1.54, 1.807) is 17.8 Å². The predicted molar refractivity (Wildman–Crippen MR) is 99.4 cm³/mol. The van der Waals surface area contributed by atoms with Crippen LogP contribution < -0.4 is 10.2 Å². The van der Waals surface area contributed by atoms with E-state index in [4.69, 9.17) is 23.2 Å². The first-order chi connectivity index (χ1) is 10.2. The van der Waals surface area contributed by atoms with Crippen LogP contribution in [0.1, 0.15) is 0 Å². The minimum absolute atomic E-state index is 0. The fourth-order valence-corrected chi connectivity index (χ4v) is 3.89. The molecule has 1 heterocycles. The zero-order valence-electron chi connectivity index (χ0n) is 11.9. The van der Waals surface area contributed by atoms with Crippen LogP contribution >= 0.6 is 47.4 Å². The number of para-hydroxylation sites is 1. The van der Waals surface area contributed by atoms with E-state index in [2.05, 4.69) is 34.5 Å². The summed E-state index contributed by atoms with van der Waals surface area (Å²) in [4.78, 5) is 4.68. The summed E-state index contributed by atoms with van der Waals surface area (Å²) in [7, 11) is 0. The number of piperazine rings is 1. The Morgan fingerprint density at radius 1 is 0.955 bits per heavy atom. The van der Waals surface area contributed by atoms with Crippen LogP contribution in [0.2, 0.25) is 10.0 Å². The minimum Gasteiger partial charge on any atom is -0.368 e. The lowest BCUT2D eigenvalue weighted by Gasteiger charge is -2.31. The van der Waals surface area contributed by atoms with Gasteiger partial charge in [-0.2, -0.15) is 0 Å². The fraction of sp³-hybridized carbons (Fsp3) is 0.250. The lowest BCUT2D eigenvalue weighted by Crippen LogP contribution is -2.43. The number of hydrogen-bond donors (Lipinski definition) is 1. The maximum atomic E-state index is 6.29. The molecule has 3 rings (SSSR count). The van der Waals surface area contributed by atoms with E-state index < -0.39 is 0 Å². The van der Waals surface area contributed by atoms with E-state index in [9.17, 15) is 0 Å². The van der Waals surface area contributed by atoms with Gasteiger partial charge in [0.05, 0.1) is 10.7 Å². The summed E-state index contributed by atoms with van der Waals surface area (Å²) in [5.74, 6) is 0. The molecule has 0 radical (unpaired) electrons. The van der Waals surface area contributed by atoms with Crippen LogP contribution in [0.25, 0.3) is 0 Å². The molecule has 0 amide bonds. The molecule has 0 spiro atoms. The molecule has 0 atom stereocenters. The van der Waals surface area contributed by atoms with Crippen molar-refractivity contribution in [3.05, 3.63) is 52.5 Å². The Balaban J connectivity index is 0.00000176. The van der Waals surface area contributed by atoms with Crippen molar-refractivity contribution >= 4 is 53.1 Å². The summed E-state index contributed by atoms with van der Waals surface area (Å²) in [6.45, 7) is 4.12. The van der Waals surface area contributed by atoms with Gasteiger partial charge in [0.15, 0.2) is 0 Å². The van der Waals surface area contributed by atoms with Gasteiger partial charge in [-0.05, 0) is 30.3 Å². The first kappa shape index (κ1) is 17.8. The zero-order chi connectivity index (χ0) is 14.7. The van der Waals surface area contributed by atoms with Crippen molar-refractivity contribution in [2.24, 2.45) is 0 Å². The van der Waals surface area contributed by atoms with Gasteiger partial charge in [-0.25, -0.2) is 0 Å². The van der Waals surface area contributed by atoms with Crippen LogP contribution in [0.4, 0.5) is 5.69 Å². The lowest BCUT2D eigenvalue weighted by atomic mass is 10.2. The molecule has 0 unspecified atom stereocenters. The summed E-state index contributed by atoms with van der Waals surface area (Å²) < 4.78 is 0. The Hall–Kier alpha value is -0.580. The molecule has 118 valence electrons. The first-order valence-corrected chi connectivity index (χ1v) is 8.49. The molecule has 2 nitrogen and oxygen atoms in total. The van der Waals surface area contributed by atoms with Gasteiger partial charge in [-0.15, -0.1) is 12.4 Å². The third-order valence-corrected chi connectivity index (χ3v) is 5.24. The van der Waals surface area contributed by atoms with E-state index in [-0.39, 0.29) is 12.4 Å². The summed E-state index contributed by atoms with van der Waals surface area (Å²) in [5.41, 5.74) is 1.27. The number of halogens is 3. The second-order valence-electron chi connectivity index (χ2n) is 4.88. The van der Waals surface area contributed by atoms with Gasteiger partial charge < -0.3 is 10.2 Å². The molecule has 2 aromatic carbocycles. The average molecular weight is 376 g/mol. The van der Waals surface area contributed by atoms with Gasteiger partial charge in [-0.3, -0.25) is 0 Å². The van der Waals surface area contributed by atoms with Gasteiger partial charge >= 0.3 is 0 Å². The highest BCUT2D eigenvalue weighted by molar-refractivity contribution is 7.99. The smallest absolute Gasteiger partial charge is 0.0560 e. The summed E-state index contributed by atoms with van der Waals surface area (Å²) in [6.07, 6.45) is 0. The van der Waals surface area contributed by atoms with Crippen LogP contribution in [0.3, 0.4) is 0 Å². The summed E-state index contributed by atoms with van der Waals surface area (Å²) in [6, 6.07) is 14.1. The number of rotatable bonds is 3. The fourth-order valence-electron chi connectivity index (χ4n) is 2.39. The van der Waals surface area contributed by atoms with Gasteiger partial charge in [-0.1, -0.05) is 47.1 Å². The largest absolute Gasteiger partial charge is 0.368 e. The number of benzene rings is 2. The van der Waals surface area contributed by atoms with Crippen LogP contribution in [-0.2, 0) is 0 Å². The van der Waals surface area contributed by atoms with Crippen molar-refractivity contribution in [1.29, 1.82) is 0 Å². The minimum atomic E-state index is 0. The first-order valence-electron chi connectivity index (χ1n) is 6.91. The van der Waals surface area contributed by atoms with Crippen molar-refractivity contribution in [2.75, 3.05) is 31.1 Å². The Labute approximate surface area is 151 Å². The van der Waals surface area contributed by atoms with Gasteiger partial charge in [0.1, 0.15) is 0 Å². The number of nitrogens with zero attached hydrogens (tertiary/aromatic N) is 1. The quantitative estimate of drug-likeness (QED) is 0.815. The van der Waals surface area contributed by atoms with E-state index in [1.165, 1.54) is 10.6 Å². The van der Waals surface area contributed by atoms with Crippen molar-refractivity contribution in [3.8, 4) is 0 Å². The van der Waals surface area contributed by atoms with Crippen molar-refractivity contribution < 1.29 is 0 Å². The second-order valence-corrected chi connectivity index (χ2v) is 6.81. The zero-order valence-corrected chi connectivity index (χ0v) is 15.0. The third-order valence-electron chi connectivity index (χ3n) is 3.44. The molecule has 1 aliphatic heterocycles. The molecule has 1 fully saturated rings. The highest BCUT2D eigenvalue weighted by Gasteiger charge is 2.15. The van der Waals surface area contributed by atoms with Crippen LogP contribution in [0.15, 0.2) is 52.3 Å². The SMILES string of the molecule is Cl.Clc1ccc(Sc2ccccc2N2CCNCC2)c(Cl)c1. The van der Waals surface area contributed by atoms with E-state index in [1.807, 2.05) is 12.1 Å². The van der Waals surface area contributed by atoms with E-state index in [0.29, 0.717) is 10.0 Å². The molecule has 1 aliphatic rings. The second kappa shape index (κ2) is 8.32. The molecule has 0 aromatic heterocycles. The Bertz CT molecular complexity index is 631. The summed E-state index contributed by atoms with van der Waals surface area (Å²) >= 11 is 13.9. The topological polar surface area (TPSA) is 15.3 Å². The monoisotopic (exact) mass is 374 g/mol. The number of nitrogens with one attached hydrogen (secondary N) is 1. The van der Waals surface area contributed by atoms with Gasteiger partial charge in [0.25, 0.3) is 0 Å². The molecule has 0 aliphatic carbocycles. The highest BCUT2D eigenvalue weighted by Crippen LogP contribution is 2.39. The molecule has 6 heteroatoms. The molecule has 1 N–H and O–H groups in total. The predicted octanol–water partition coefficient (Wildman–Crippen LogP) is 4.98. The average Bonchev–Trinajstić information content (AvgIpc) is 2.51. The molecule has 1 saturated heterocycles. The van der Waals surface area contributed by atoms with E-state index >= 15 is 0 Å². The third kappa shape index (κ3) is 4.24. The molecule has 22 heavy (non-hydrogen) atoms. The number of hydrogen-bond acceptors (Lipinski definition) is 3.